The van der Waals surface area contributed by atoms with Crippen molar-refractivity contribution in [1.82, 2.24) is 0 Å². The molecule has 0 spiro atoms. The average molecular weight is 527 g/mol. The molecule has 5 heteroatoms. The highest BCUT2D eigenvalue weighted by Gasteiger charge is 2.30. The Morgan fingerprint density at radius 3 is 1.79 bits per heavy atom. The second kappa shape index (κ2) is 8.72. The fourth-order valence-corrected chi connectivity index (χ4v) is 6.01. The van der Waals surface area contributed by atoms with Crippen molar-refractivity contribution in [3.05, 3.63) is 90.6 Å². The molecule has 0 aliphatic rings. The van der Waals surface area contributed by atoms with E-state index in [0.717, 1.165) is 21.9 Å². The van der Waals surface area contributed by atoms with Gasteiger partial charge in [-0.1, -0.05) is 44.7 Å². The standard InChI is InChI=1S/C24H23F3IS/c1-16-15-21(29-20-11-7-18(8-12-20)24(25,26)27)13-14-22(16)28-19-9-5-17(6-10-19)23(2,3)4/h5-15H,1-4H3/q+1. The lowest BCUT2D eigenvalue weighted by Crippen LogP contribution is -3.61. The zero-order valence-electron chi connectivity index (χ0n) is 16.8. The summed E-state index contributed by atoms with van der Waals surface area (Å²) in [5.74, 6) is 0. The highest BCUT2D eigenvalue weighted by Crippen LogP contribution is 2.33. The second-order valence-electron chi connectivity index (χ2n) is 7.89. The number of hydrogen-bond acceptors (Lipinski definition) is 1. The van der Waals surface area contributed by atoms with Gasteiger partial charge in [0.1, 0.15) is 0 Å². The smallest absolute Gasteiger partial charge is 0.166 e. The van der Waals surface area contributed by atoms with Gasteiger partial charge in [0.05, 0.1) is 5.56 Å². The maximum Gasteiger partial charge on any atom is 0.416 e. The van der Waals surface area contributed by atoms with E-state index in [0.29, 0.717) is 0 Å². The first-order valence-electron chi connectivity index (χ1n) is 9.23. The fourth-order valence-electron chi connectivity index (χ4n) is 2.77. The third-order valence-corrected chi connectivity index (χ3v) is 8.60. The molecule has 0 bridgehead atoms. The monoisotopic (exact) mass is 527 g/mol. The Kier molecular flexibility index (Phi) is 6.68. The molecule has 0 aliphatic heterocycles. The van der Waals surface area contributed by atoms with Gasteiger partial charge < -0.3 is 0 Å². The minimum absolute atomic E-state index is 0.157. The first-order chi connectivity index (χ1) is 13.5. The maximum atomic E-state index is 12.7. The van der Waals surface area contributed by atoms with Gasteiger partial charge in [0.25, 0.3) is 0 Å². The molecule has 0 saturated heterocycles. The molecule has 0 aliphatic carbocycles. The van der Waals surface area contributed by atoms with Crippen LogP contribution in [0, 0.1) is 14.1 Å². The number of hydrogen-bond donors (Lipinski definition) is 0. The average Bonchev–Trinajstić information content (AvgIpc) is 2.63. The molecule has 0 heterocycles. The van der Waals surface area contributed by atoms with Gasteiger partial charge in [0.2, 0.25) is 0 Å². The molecule has 0 amide bonds. The summed E-state index contributed by atoms with van der Waals surface area (Å²) in [7, 11) is 0. The number of aryl methyl sites for hydroxylation is 1. The molecule has 0 atom stereocenters. The van der Waals surface area contributed by atoms with Gasteiger partial charge in [-0.15, -0.1) is 0 Å². The first kappa shape index (κ1) is 22.2. The van der Waals surface area contributed by atoms with Crippen molar-refractivity contribution in [2.75, 3.05) is 0 Å². The Bertz CT molecular complexity index is 969. The summed E-state index contributed by atoms with van der Waals surface area (Å²) in [6.07, 6.45) is -4.30. The summed E-state index contributed by atoms with van der Waals surface area (Å²) in [6.45, 7) is 8.76. The van der Waals surface area contributed by atoms with Crippen molar-refractivity contribution in [3.8, 4) is 0 Å². The maximum absolute atomic E-state index is 12.7. The molecule has 0 unspecified atom stereocenters. The molecule has 0 saturated carbocycles. The minimum atomic E-state index is -4.30. The minimum Gasteiger partial charge on any atom is -0.166 e. The lowest BCUT2D eigenvalue weighted by atomic mass is 9.87. The van der Waals surface area contributed by atoms with E-state index in [4.69, 9.17) is 0 Å². The third-order valence-electron chi connectivity index (χ3n) is 4.47. The molecule has 0 radical (unpaired) electrons. The molecule has 0 fully saturated rings. The molecule has 3 aromatic rings. The molecular weight excluding hydrogens is 504 g/mol. The molecule has 29 heavy (non-hydrogen) atoms. The summed E-state index contributed by atoms with van der Waals surface area (Å²) in [5, 5.41) is 0. The van der Waals surface area contributed by atoms with Gasteiger partial charge in [0, 0.05) is 15.4 Å². The van der Waals surface area contributed by atoms with Crippen molar-refractivity contribution in [2.24, 2.45) is 0 Å². The summed E-state index contributed by atoms with van der Waals surface area (Å²) >= 11 is 1.22. The molecule has 0 nitrogen and oxygen atoms in total. The number of rotatable bonds is 4. The van der Waals surface area contributed by atoms with E-state index in [2.05, 4.69) is 70.2 Å². The van der Waals surface area contributed by atoms with E-state index in [1.165, 1.54) is 42.2 Å². The van der Waals surface area contributed by atoms with Crippen molar-refractivity contribution in [1.29, 1.82) is 0 Å². The van der Waals surface area contributed by atoms with Crippen LogP contribution in [-0.4, -0.2) is 0 Å². The van der Waals surface area contributed by atoms with Gasteiger partial charge in [-0.05, 0) is 72.5 Å². The summed E-state index contributed by atoms with van der Waals surface area (Å²) in [4.78, 5) is 1.84. The van der Waals surface area contributed by atoms with Crippen LogP contribution in [-0.2, 0) is 11.6 Å². The van der Waals surface area contributed by atoms with Crippen LogP contribution in [0.15, 0.2) is 76.5 Å². The van der Waals surface area contributed by atoms with E-state index in [1.54, 1.807) is 0 Å². The molecule has 0 N–H and O–H groups in total. The lowest BCUT2D eigenvalue weighted by molar-refractivity contribution is -0.598. The summed E-state index contributed by atoms with van der Waals surface area (Å²) < 4.78 is 40.8. The van der Waals surface area contributed by atoms with Crippen LogP contribution in [0.2, 0.25) is 0 Å². The van der Waals surface area contributed by atoms with Gasteiger partial charge in [-0.2, -0.15) is 13.2 Å². The largest absolute Gasteiger partial charge is 0.416 e. The van der Waals surface area contributed by atoms with Crippen LogP contribution >= 0.6 is 11.8 Å². The predicted molar refractivity (Wildman–Crippen MR) is 109 cm³/mol. The predicted octanol–water partition coefficient (Wildman–Crippen LogP) is 4.59. The van der Waals surface area contributed by atoms with Crippen molar-refractivity contribution < 1.29 is 34.4 Å². The Morgan fingerprint density at radius 1 is 0.724 bits per heavy atom. The van der Waals surface area contributed by atoms with Crippen molar-refractivity contribution >= 4 is 11.8 Å². The van der Waals surface area contributed by atoms with E-state index < -0.39 is 11.7 Å². The Morgan fingerprint density at radius 2 is 1.28 bits per heavy atom. The molecule has 0 aromatic heterocycles. The highest BCUT2D eigenvalue weighted by atomic mass is 127. The summed E-state index contributed by atoms with van der Waals surface area (Å²) in [6, 6.07) is 20.6. The molecular formula is C24H23F3IS+. The molecule has 3 rings (SSSR count). The van der Waals surface area contributed by atoms with Crippen LogP contribution < -0.4 is 21.2 Å². The van der Waals surface area contributed by atoms with Crippen molar-refractivity contribution in [3.63, 3.8) is 0 Å². The molecule has 3 aromatic carbocycles. The Labute approximate surface area is 185 Å². The van der Waals surface area contributed by atoms with Gasteiger partial charge >= 0.3 is 27.4 Å². The van der Waals surface area contributed by atoms with E-state index in [-0.39, 0.29) is 26.6 Å². The zero-order chi connectivity index (χ0) is 21.2. The Hall–Kier alpha value is -1.47. The highest BCUT2D eigenvalue weighted by molar-refractivity contribution is 7.99. The van der Waals surface area contributed by atoms with Crippen LogP contribution in [0.3, 0.4) is 0 Å². The van der Waals surface area contributed by atoms with Crippen LogP contribution in [0.4, 0.5) is 13.2 Å². The molecule has 152 valence electrons. The second-order valence-corrected chi connectivity index (χ2v) is 12.0. The van der Waals surface area contributed by atoms with Crippen molar-refractivity contribution in [2.45, 2.75) is 49.1 Å². The van der Waals surface area contributed by atoms with E-state index >= 15 is 0 Å². The lowest BCUT2D eigenvalue weighted by Gasteiger charge is -2.18. The Balaban J connectivity index is 1.70. The number of benzene rings is 3. The fraction of sp³-hybridized carbons (Fsp3) is 0.250. The topological polar surface area (TPSA) is 0 Å². The quantitative estimate of drug-likeness (QED) is 0.448. The zero-order valence-corrected chi connectivity index (χ0v) is 19.7. The first-order valence-corrected chi connectivity index (χ1v) is 12.2. The summed E-state index contributed by atoms with van der Waals surface area (Å²) in [5.41, 5.74) is 2.11. The SMILES string of the molecule is Cc1cc(Sc2ccc(C(F)(F)F)cc2)ccc1[I+]c1ccc(C(C)(C)C)cc1. The van der Waals surface area contributed by atoms with Crippen LogP contribution in [0.5, 0.6) is 0 Å². The van der Waals surface area contributed by atoms with E-state index in [9.17, 15) is 13.2 Å². The number of halogens is 4. The van der Waals surface area contributed by atoms with Gasteiger partial charge in [-0.25, -0.2) is 0 Å². The normalized spacial score (nSPS) is 12.2. The number of alkyl halides is 3. The van der Waals surface area contributed by atoms with Crippen LogP contribution in [0.1, 0.15) is 37.5 Å². The van der Waals surface area contributed by atoms with Crippen LogP contribution in [0.25, 0.3) is 0 Å². The van der Waals surface area contributed by atoms with E-state index in [1.807, 2.05) is 0 Å². The van der Waals surface area contributed by atoms with Gasteiger partial charge in [0.15, 0.2) is 7.14 Å². The van der Waals surface area contributed by atoms with Gasteiger partial charge in [-0.3, -0.25) is 0 Å². The third kappa shape index (κ3) is 6.01.